The molecule has 0 bridgehead atoms. The monoisotopic (exact) mass is 304 g/mol. The van der Waals surface area contributed by atoms with Crippen molar-refractivity contribution in [2.45, 2.75) is 6.10 Å². The number of aliphatic hydroxyl groups excluding tert-OH is 1. The molecule has 0 spiro atoms. The first-order valence-corrected chi connectivity index (χ1v) is 7.44. The molecule has 1 unspecified atom stereocenters. The van der Waals surface area contributed by atoms with E-state index in [2.05, 4.69) is 6.07 Å². The second kappa shape index (κ2) is 5.44. The van der Waals surface area contributed by atoms with Crippen molar-refractivity contribution in [3.05, 3.63) is 64.0 Å². The molecule has 1 N–H and O–H groups in total. The van der Waals surface area contributed by atoms with Crippen LogP contribution in [0.2, 0.25) is 5.02 Å². The molecular weight excluding hydrogens is 292 g/mol. The summed E-state index contributed by atoms with van der Waals surface area (Å²) in [6.45, 7) is 0. The van der Waals surface area contributed by atoms with Crippen molar-refractivity contribution < 1.29 is 9.84 Å². The second-order valence-electron chi connectivity index (χ2n) is 4.48. The molecule has 1 atom stereocenters. The Morgan fingerprint density at radius 2 is 2.00 bits per heavy atom. The lowest BCUT2D eigenvalue weighted by atomic mass is 10.0. The number of ether oxygens (including phenoxy) is 1. The first-order valence-electron chi connectivity index (χ1n) is 6.18. The van der Waals surface area contributed by atoms with Crippen molar-refractivity contribution in [3.63, 3.8) is 0 Å². The highest BCUT2D eigenvalue weighted by Crippen LogP contribution is 2.35. The number of fused-ring (bicyclic) bond motifs is 1. The summed E-state index contributed by atoms with van der Waals surface area (Å²) >= 11 is 7.75. The summed E-state index contributed by atoms with van der Waals surface area (Å²) in [5.74, 6) is 0.609. The van der Waals surface area contributed by atoms with Crippen LogP contribution in [0.1, 0.15) is 17.2 Å². The van der Waals surface area contributed by atoms with E-state index >= 15 is 0 Å². The number of rotatable bonds is 3. The van der Waals surface area contributed by atoms with Crippen molar-refractivity contribution in [3.8, 4) is 5.75 Å². The standard InChI is InChI=1S/C16H13ClO2S/c1-19-14-7-6-10(8-13(14)17)16(18)12-9-20-15-5-3-2-4-11(12)15/h2-9,16,18H,1H3. The highest BCUT2D eigenvalue weighted by Gasteiger charge is 2.16. The molecule has 1 aromatic heterocycles. The highest BCUT2D eigenvalue weighted by molar-refractivity contribution is 7.17. The molecule has 3 rings (SSSR count). The lowest BCUT2D eigenvalue weighted by molar-refractivity contribution is 0.222. The van der Waals surface area contributed by atoms with Gasteiger partial charge >= 0.3 is 0 Å². The van der Waals surface area contributed by atoms with Gasteiger partial charge in [0.2, 0.25) is 0 Å². The molecule has 2 nitrogen and oxygen atoms in total. The van der Waals surface area contributed by atoms with Gasteiger partial charge < -0.3 is 9.84 Å². The Balaban J connectivity index is 2.04. The van der Waals surface area contributed by atoms with Gasteiger partial charge in [0.1, 0.15) is 11.9 Å². The summed E-state index contributed by atoms with van der Waals surface area (Å²) in [6, 6.07) is 13.4. The molecule has 1 heterocycles. The highest BCUT2D eigenvalue weighted by atomic mass is 35.5. The molecule has 4 heteroatoms. The summed E-state index contributed by atoms with van der Waals surface area (Å²) in [6.07, 6.45) is -0.686. The van der Waals surface area contributed by atoms with Gasteiger partial charge in [0.15, 0.2) is 0 Å². The summed E-state index contributed by atoms with van der Waals surface area (Å²) in [4.78, 5) is 0. The molecule has 0 saturated carbocycles. The van der Waals surface area contributed by atoms with Crippen molar-refractivity contribution in [2.75, 3.05) is 7.11 Å². The van der Waals surface area contributed by atoms with E-state index in [0.29, 0.717) is 10.8 Å². The Morgan fingerprint density at radius 3 is 2.75 bits per heavy atom. The fourth-order valence-electron chi connectivity index (χ4n) is 2.24. The second-order valence-corrected chi connectivity index (χ2v) is 5.80. The zero-order valence-electron chi connectivity index (χ0n) is 10.8. The zero-order chi connectivity index (χ0) is 14.1. The van der Waals surface area contributed by atoms with Gasteiger partial charge in [-0.1, -0.05) is 35.9 Å². The molecular formula is C16H13ClO2S. The maximum absolute atomic E-state index is 10.6. The van der Waals surface area contributed by atoms with E-state index < -0.39 is 6.10 Å². The van der Waals surface area contributed by atoms with E-state index in [1.807, 2.05) is 29.6 Å². The summed E-state index contributed by atoms with van der Waals surface area (Å²) in [7, 11) is 1.57. The number of hydrogen-bond acceptors (Lipinski definition) is 3. The Labute approximate surface area is 126 Å². The van der Waals surface area contributed by atoms with Crippen LogP contribution in [0.3, 0.4) is 0 Å². The first kappa shape index (κ1) is 13.4. The quantitative estimate of drug-likeness (QED) is 0.763. The third kappa shape index (κ3) is 2.29. The molecule has 0 aliphatic carbocycles. The topological polar surface area (TPSA) is 29.5 Å². The first-order chi connectivity index (χ1) is 9.70. The molecule has 20 heavy (non-hydrogen) atoms. The average molecular weight is 305 g/mol. The van der Waals surface area contributed by atoms with Gasteiger partial charge in [0.25, 0.3) is 0 Å². The van der Waals surface area contributed by atoms with Crippen molar-refractivity contribution >= 4 is 33.0 Å². The lowest BCUT2D eigenvalue weighted by Crippen LogP contribution is -1.99. The Bertz CT molecular complexity index is 751. The predicted octanol–water partition coefficient (Wildman–Crippen LogP) is 4.65. The van der Waals surface area contributed by atoms with E-state index in [4.69, 9.17) is 16.3 Å². The summed E-state index contributed by atoms with van der Waals surface area (Å²) in [5.41, 5.74) is 1.67. The van der Waals surface area contributed by atoms with Gasteiger partial charge in [-0.3, -0.25) is 0 Å². The molecule has 0 aliphatic rings. The van der Waals surface area contributed by atoms with Crippen LogP contribution >= 0.6 is 22.9 Å². The molecule has 0 radical (unpaired) electrons. The van der Waals surface area contributed by atoms with Crippen molar-refractivity contribution in [1.29, 1.82) is 0 Å². The fraction of sp³-hybridized carbons (Fsp3) is 0.125. The van der Waals surface area contributed by atoms with Crippen LogP contribution in [0.15, 0.2) is 47.8 Å². The number of hydrogen-bond donors (Lipinski definition) is 1. The van der Waals surface area contributed by atoms with Crippen LogP contribution in [0.5, 0.6) is 5.75 Å². The van der Waals surface area contributed by atoms with Crippen LogP contribution in [-0.4, -0.2) is 12.2 Å². The predicted molar refractivity (Wildman–Crippen MR) is 83.9 cm³/mol. The lowest BCUT2D eigenvalue weighted by Gasteiger charge is -2.12. The molecule has 0 saturated heterocycles. The van der Waals surface area contributed by atoms with E-state index in [-0.39, 0.29) is 0 Å². The van der Waals surface area contributed by atoms with E-state index in [1.54, 1.807) is 30.6 Å². The number of benzene rings is 2. The average Bonchev–Trinajstić information content (AvgIpc) is 2.90. The third-order valence-corrected chi connectivity index (χ3v) is 4.57. The zero-order valence-corrected chi connectivity index (χ0v) is 12.4. The summed E-state index contributed by atoms with van der Waals surface area (Å²) in [5, 5.41) is 14.2. The summed E-state index contributed by atoms with van der Waals surface area (Å²) < 4.78 is 6.30. The van der Waals surface area contributed by atoms with Gasteiger partial charge in [0, 0.05) is 10.3 Å². The van der Waals surface area contributed by atoms with Crippen LogP contribution in [-0.2, 0) is 0 Å². The number of thiophene rings is 1. The number of aliphatic hydroxyl groups is 1. The van der Waals surface area contributed by atoms with Crippen LogP contribution in [0.25, 0.3) is 10.1 Å². The molecule has 0 aliphatic heterocycles. The Kier molecular flexibility index (Phi) is 3.66. The maximum atomic E-state index is 10.6. The Morgan fingerprint density at radius 1 is 1.20 bits per heavy atom. The number of halogens is 1. The van der Waals surface area contributed by atoms with Crippen molar-refractivity contribution in [2.24, 2.45) is 0 Å². The number of methoxy groups -OCH3 is 1. The largest absolute Gasteiger partial charge is 0.495 e. The molecule has 0 amide bonds. The SMILES string of the molecule is COc1ccc(C(O)c2csc3ccccc23)cc1Cl. The van der Waals surface area contributed by atoms with E-state index in [9.17, 15) is 5.11 Å². The fourth-order valence-corrected chi connectivity index (χ4v) is 3.49. The Hall–Kier alpha value is -1.55. The van der Waals surface area contributed by atoms with E-state index in [0.717, 1.165) is 16.5 Å². The van der Waals surface area contributed by atoms with Crippen LogP contribution in [0.4, 0.5) is 0 Å². The van der Waals surface area contributed by atoms with Crippen molar-refractivity contribution in [1.82, 2.24) is 0 Å². The molecule has 102 valence electrons. The minimum absolute atomic E-state index is 0.503. The maximum Gasteiger partial charge on any atom is 0.137 e. The van der Waals surface area contributed by atoms with Crippen LogP contribution < -0.4 is 4.74 Å². The smallest absolute Gasteiger partial charge is 0.137 e. The van der Waals surface area contributed by atoms with Gasteiger partial charge in [0.05, 0.1) is 12.1 Å². The molecule has 3 aromatic rings. The third-order valence-electron chi connectivity index (χ3n) is 3.30. The molecule has 2 aromatic carbocycles. The minimum atomic E-state index is -0.686. The van der Waals surface area contributed by atoms with Crippen LogP contribution in [0, 0.1) is 0 Å². The van der Waals surface area contributed by atoms with Gasteiger partial charge in [-0.2, -0.15) is 0 Å². The molecule has 0 fully saturated rings. The van der Waals surface area contributed by atoms with Gasteiger partial charge in [-0.05, 0) is 34.5 Å². The van der Waals surface area contributed by atoms with E-state index in [1.165, 1.54) is 4.70 Å². The van der Waals surface area contributed by atoms with Gasteiger partial charge in [-0.25, -0.2) is 0 Å². The minimum Gasteiger partial charge on any atom is -0.495 e. The normalized spacial score (nSPS) is 12.6. The van der Waals surface area contributed by atoms with Gasteiger partial charge in [-0.15, -0.1) is 11.3 Å².